The minimum absolute atomic E-state index is 0.968. The van der Waals surface area contributed by atoms with Crippen molar-refractivity contribution in [3.8, 4) is 0 Å². The molecule has 0 aliphatic heterocycles. The van der Waals surface area contributed by atoms with E-state index in [0.717, 1.165) is 86.3 Å². The van der Waals surface area contributed by atoms with Crippen LogP contribution in [0.5, 0.6) is 0 Å². The van der Waals surface area contributed by atoms with Gasteiger partial charge < -0.3 is 26.5 Å². The molecule has 0 radical (unpaired) electrons. The number of rotatable bonds is 6. The van der Waals surface area contributed by atoms with Crippen LogP contribution < -0.4 is 0 Å². The first-order valence-electron chi connectivity index (χ1n) is 49.2. The lowest BCUT2D eigenvalue weighted by Gasteiger charge is -2.04. The molecule has 0 spiro atoms. The fourth-order valence-corrected chi connectivity index (χ4v) is 21.5. The molecule has 0 amide bonds. The number of furan rings is 6. The van der Waals surface area contributed by atoms with Crippen LogP contribution in [-0.2, 0) is 12.8 Å². The summed E-state index contributed by atoms with van der Waals surface area (Å²) in [5, 5.41) is 44.0. The van der Waals surface area contributed by atoms with Gasteiger partial charge in [0, 0.05) is 97.0 Å². The second-order valence-corrected chi connectivity index (χ2v) is 38.7. The topological polar surface area (TPSA) is 78.8 Å². The Bertz CT molecular complexity index is 9900. The van der Waals surface area contributed by atoms with E-state index in [-0.39, 0.29) is 0 Å². The summed E-state index contributed by atoms with van der Waals surface area (Å²) in [7, 11) is 0. The molecule has 672 valence electrons. The normalized spacial score (nSPS) is 11.9. The van der Waals surface area contributed by atoms with Crippen LogP contribution in [0.1, 0.15) is 84.0 Å². The van der Waals surface area contributed by atoms with Crippen molar-refractivity contribution in [3.05, 3.63) is 433 Å². The number of hydrogen-bond donors (Lipinski definition) is 0. The van der Waals surface area contributed by atoms with Gasteiger partial charge in [-0.2, -0.15) is 0 Å². The first kappa shape index (κ1) is 84.9. The van der Waals surface area contributed by atoms with E-state index in [1.165, 1.54) is 258 Å². The van der Waals surface area contributed by atoms with Crippen LogP contribution in [0.25, 0.3) is 261 Å². The lowest BCUT2D eigenvalue weighted by atomic mass is 10.00. The third kappa shape index (κ3) is 15.4. The van der Waals surface area contributed by atoms with E-state index in [1.54, 1.807) is 0 Å². The highest BCUT2D eigenvalue weighted by molar-refractivity contribution is 6.24. The lowest BCUT2D eigenvalue weighted by molar-refractivity contribution is 0.670. The molecule has 30 aromatic rings. The number of fused-ring (bicyclic) bond motifs is 36. The summed E-state index contributed by atoms with van der Waals surface area (Å²) in [5.41, 5.74) is 22.0. The largest absolute Gasteiger partial charge is 0.455 e. The predicted molar refractivity (Wildman–Crippen MR) is 598 cm³/mol. The fraction of sp³-hybridized carbons (Fsp3) is 0.104. The minimum Gasteiger partial charge on any atom is -0.455 e. The third-order valence-electron chi connectivity index (χ3n) is 28.8. The van der Waals surface area contributed by atoms with Crippen LogP contribution in [-0.4, -0.2) is 0 Å². The molecule has 0 aliphatic carbocycles. The van der Waals surface area contributed by atoms with E-state index in [9.17, 15) is 0 Å². The van der Waals surface area contributed by atoms with Gasteiger partial charge in [0.1, 0.15) is 67.0 Å². The Labute approximate surface area is 808 Å². The van der Waals surface area contributed by atoms with Gasteiger partial charge in [0.05, 0.1) is 0 Å². The molecule has 24 aromatic carbocycles. The van der Waals surface area contributed by atoms with Gasteiger partial charge in [-0.1, -0.05) is 287 Å². The second-order valence-electron chi connectivity index (χ2n) is 38.7. The quantitative estimate of drug-likeness (QED) is 0.122. The molecule has 0 fully saturated rings. The molecule has 0 aliphatic rings. The molecule has 140 heavy (non-hydrogen) atoms. The first-order valence-corrected chi connectivity index (χ1v) is 49.2. The van der Waals surface area contributed by atoms with E-state index in [0.29, 0.717) is 0 Å². The van der Waals surface area contributed by atoms with Gasteiger partial charge in [0.15, 0.2) is 0 Å². The fourth-order valence-electron chi connectivity index (χ4n) is 21.5. The molecule has 6 aromatic heterocycles. The highest BCUT2D eigenvalue weighted by Gasteiger charge is 2.20. The highest BCUT2D eigenvalue weighted by Crippen LogP contribution is 2.45. The van der Waals surface area contributed by atoms with Gasteiger partial charge in [-0.05, 0) is 337 Å². The number of hydrogen-bond acceptors (Lipinski definition) is 6. The Balaban J connectivity index is 0.0000000887. The van der Waals surface area contributed by atoms with Crippen molar-refractivity contribution >= 4 is 261 Å². The van der Waals surface area contributed by atoms with Gasteiger partial charge in [-0.25, -0.2) is 0 Å². The molecular formula is C134H100O6. The zero-order chi connectivity index (χ0) is 94.1. The van der Waals surface area contributed by atoms with Crippen molar-refractivity contribution in [2.24, 2.45) is 0 Å². The molecule has 6 heteroatoms. The zero-order valence-electron chi connectivity index (χ0n) is 79.6. The smallest absolute Gasteiger partial charge is 0.143 e. The summed E-state index contributed by atoms with van der Waals surface area (Å²) >= 11 is 0. The van der Waals surface area contributed by atoms with E-state index in [2.05, 4.69) is 444 Å². The molecule has 0 saturated carbocycles. The van der Waals surface area contributed by atoms with Crippen LogP contribution in [0.15, 0.2) is 415 Å². The molecule has 0 atom stereocenters. The summed E-state index contributed by atoms with van der Waals surface area (Å²) in [6.07, 6.45) is 7.17. The van der Waals surface area contributed by atoms with Crippen LogP contribution >= 0.6 is 0 Å². The summed E-state index contributed by atoms with van der Waals surface area (Å²) in [6.45, 7) is 17.1. The first-order chi connectivity index (χ1) is 68.6. The minimum atomic E-state index is 0.968. The molecule has 0 saturated heterocycles. The van der Waals surface area contributed by atoms with Gasteiger partial charge in [0.25, 0.3) is 0 Å². The molecule has 30 rings (SSSR count). The van der Waals surface area contributed by atoms with Crippen LogP contribution in [0, 0.1) is 41.5 Å². The second kappa shape index (κ2) is 34.8. The Morgan fingerprint density at radius 2 is 0.343 bits per heavy atom. The van der Waals surface area contributed by atoms with Gasteiger partial charge in [-0.15, -0.1) is 0 Å². The summed E-state index contributed by atoms with van der Waals surface area (Å²) in [5.74, 6) is 0. The maximum atomic E-state index is 6.36. The SMILES string of the molecule is CCCCCc1ccc2c(c1)oc1c3cc4ccccc4cc3ccc21.CCCc1ccc2c(c1)oc1c3cc4ccccc4cc3ccc21.Cc1ccc2c(c1)oc1c3cc4ccccc4cc3ccc21.Cc1ccc2c(c1)oc1c3cc4ccccc4cc3ccc21.Cc1ccc2cc3c(ccc4c5ccc(C)cc5oc34)cc2c1.Cc1ccc2cc3c(ccc4c5ccc(C)cc5oc34)cc2c1. The molecule has 0 N–H and O–H groups in total. The van der Waals surface area contributed by atoms with E-state index in [1.807, 2.05) is 0 Å². The van der Waals surface area contributed by atoms with Crippen molar-refractivity contribution < 1.29 is 26.5 Å². The average Bonchev–Trinajstić information content (AvgIpc) is 1.67. The number of benzene rings is 24. The van der Waals surface area contributed by atoms with E-state index in [4.69, 9.17) is 26.5 Å². The zero-order valence-corrected chi connectivity index (χ0v) is 79.6. The van der Waals surface area contributed by atoms with Crippen LogP contribution in [0.4, 0.5) is 0 Å². The lowest BCUT2D eigenvalue weighted by Crippen LogP contribution is -1.84. The van der Waals surface area contributed by atoms with Crippen molar-refractivity contribution in [1.29, 1.82) is 0 Å². The number of unbranched alkanes of at least 4 members (excludes halogenated alkanes) is 2. The summed E-state index contributed by atoms with van der Waals surface area (Å²) in [6, 6.07) is 139. The Kier molecular flexibility index (Phi) is 21.1. The van der Waals surface area contributed by atoms with Gasteiger partial charge in [0.2, 0.25) is 0 Å². The molecule has 6 nitrogen and oxygen atoms in total. The maximum absolute atomic E-state index is 6.36. The predicted octanol–water partition coefficient (Wildman–Crippen LogP) is 39.9. The van der Waals surface area contributed by atoms with Crippen molar-refractivity contribution in [1.82, 2.24) is 0 Å². The molecular weight excluding hydrogens is 1710 g/mol. The Morgan fingerprint density at radius 1 is 0.143 bits per heavy atom. The van der Waals surface area contributed by atoms with Crippen LogP contribution in [0.3, 0.4) is 0 Å². The molecule has 6 heterocycles. The van der Waals surface area contributed by atoms with Crippen molar-refractivity contribution in [2.75, 3.05) is 0 Å². The van der Waals surface area contributed by atoms with Gasteiger partial charge >= 0.3 is 0 Å². The standard InChI is InChI=1S/C25H22O.C23H18O.2C22H16O.2C21H14O/c1-2-3-4-7-17-10-12-21-22-13-11-20-15-18-8-5-6-9-19(18)16-23(20)25(22)26-24(21)14-17;1-2-5-15-8-10-19-20-11-9-18-13-16-6-3-4-7-17(16)14-21(18)23(20)24-22(19)12-15;2*1-13-3-5-15-12-20-16(11-17(15)9-13)6-8-19-18-7-4-14(2)10-21(18)23-22(19)20;2*1-13-6-8-17-18-9-7-16-11-14-4-2-3-5-15(14)12-19(16)21(18)22-20(17)10-13/h5-6,8-16H,2-4,7H2,1H3;3-4,6-14H,2,5H2,1H3;2*3-12H,1-2H3;2*2-12H,1H3. The Morgan fingerprint density at radius 3 is 0.600 bits per heavy atom. The summed E-state index contributed by atoms with van der Waals surface area (Å²) in [4.78, 5) is 0. The number of aryl methyl sites for hydroxylation is 8. The van der Waals surface area contributed by atoms with E-state index < -0.39 is 0 Å². The monoisotopic (exact) mass is 1800 g/mol. The van der Waals surface area contributed by atoms with E-state index >= 15 is 0 Å². The summed E-state index contributed by atoms with van der Waals surface area (Å²) < 4.78 is 37.5. The van der Waals surface area contributed by atoms with Crippen LogP contribution in [0.2, 0.25) is 0 Å². The van der Waals surface area contributed by atoms with Crippen molar-refractivity contribution in [3.63, 3.8) is 0 Å². The molecule has 0 unspecified atom stereocenters. The highest BCUT2D eigenvalue weighted by atomic mass is 16.3. The Hall–Kier alpha value is -16.8. The third-order valence-corrected chi connectivity index (χ3v) is 28.8. The van der Waals surface area contributed by atoms with Gasteiger partial charge in [-0.3, -0.25) is 0 Å². The molecule has 0 bridgehead atoms. The average molecular weight is 1810 g/mol. The maximum Gasteiger partial charge on any atom is 0.143 e. The van der Waals surface area contributed by atoms with Crippen molar-refractivity contribution in [2.45, 2.75) is 93.9 Å².